The van der Waals surface area contributed by atoms with Crippen molar-refractivity contribution in [1.82, 2.24) is 0 Å². The summed E-state index contributed by atoms with van der Waals surface area (Å²) in [6.07, 6.45) is 8.91. The van der Waals surface area contributed by atoms with Gasteiger partial charge in [0.1, 0.15) is 0 Å². The summed E-state index contributed by atoms with van der Waals surface area (Å²) in [5, 5.41) is 0. The molecule has 3 rings (SSSR count). The van der Waals surface area contributed by atoms with Crippen molar-refractivity contribution in [2.24, 2.45) is 47.2 Å². The molecule has 3 aliphatic carbocycles. The van der Waals surface area contributed by atoms with Crippen LogP contribution in [0.4, 0.5) is 0 Å². The van der Waals surface area contributed by atoms with Crippen LogP contribution in [0.5, 0.6) is 0 Å². The number of methoxy groups -OCH3 is 1. The van der Waals surface area contributed by atoms with Crippen LogP contribution in [0.3, 0.4) is 0 Å². The Morgan fingerprint density at radius 1 is 1.00 bits per heavy atom. The van der Waals surface area contributed by atoms with Gasteiger partial charge in [0.15, 0.2) is 0 Å². The molecule has 20 heavy (non-hydrogen) atoms. The minimum Gasteiger partial charge on any atom is -0.381 e. The molecule has 8 atom stereocenters. The molecule has 3 saturated carbocycles. The van der Waals surface area contributed by atoms with Crippen molar-refractivity contribution in [2.75, 3.05) is 13.7 Å². The van der Waals surface area contributed by atoms with E-state index >= 15 is 0 Å². The standard InChI is InChI=1S/C18H33NO/c1-11-10-12(2)18(20-3)17-15(8-9-19)13-6-4-5-7-14(13)16(11)17/h11-18H,4-10,19H2,1-3H3. The molecule has 2 N–H and O–H groups in total. The Morgan fingerprint density at radius 2 is 1.70 bits per heavy atom. The monoisotopic (exact) mass is 279 g/mol. The normalized spacial score (nSPS) is 51.6. The highest BCUT2D eigenvalue weighted by Gasteiger charge is 2.57. The lowest BCUT2D eigenvalue weighted by molar-refractivity contribution is -0.0697. The summed E-state index contributed by atoms with van der Waals surface area (Å²) in [7, 11) is 1.94. The van der Waals surface area contributed by atoms with Gasteiger partial charge in [-0.2, -0.15) is 0 Å². The topological polar surface area (TPSA) is 35.2 Å². The molecule has 3 aliphatic rings. The summed E-state index contributed by atoms with van der Waals surface area (Å²) in [5.74, 6) is 6.07. The van der Waals surface area contributed by atoms with Crippen molar-refractivity contribution in [1.29, 1.82) is 0 Å². The van der Waals surface area contributed by atoms with Gasteiger partial charge in [0.2, 0.25) is 0 Å². The number of fused-ring (bicyclic) bond motifs is 3. The van der Waals surface area contributed by atoms with E-state index in [1.165, 1.54) is 38.5 Å². The zero-order valence-electron chi connectivity index (χ0n) is 13.6. The average molecular weight is 279 g/mol. The van der Waals surface area contributed by atoms with E-state index in [1.807, 2.05) is 7.11 Å². The first-order valence-corrected chi connectivity index (χ1v) is 8.91. The molecule has 0 aromatic carbocycles. The minimum atomic E-state index is 0.485. The third-order valence-electron chi connectivity index (χ3n) is 6.97. The van der Waals surface area contributed by atoms with Crippen LogP contribution in [-0.2, 0) is 4.74 Å². The minimum absolute atomic E-state index is 0.485. The highest BCUT2D eigenvalue weighted by Crippen LogP contribution is 2.60. The van der Waals surface area contributed by atoms with Gasteiger partial charge >= 0.3 is 0 Å². The van der Waals surface area contributed by atoms with Crippen molar-refractivity contribution in [2.45, 2.75) is 58.5 Å². The van der Waals surface area contributed by atoms with Crippen molar-refractivity contribution >= 4 is 0 Å². The highest BCUT2D eigenvalue weighted by molar-refractivity contribution is 5.05. The summed E-state index contributed by atoms with van der Waals surface area (Å²) in [4.78, 5) is 0. The molecule has 0 aromatic rings. The van der Waals surface area contributed by atoms with E-state index in [4.69, 9.17) is 10.5 Å². The summed E-state index contributed by atoms with van der Waals surface area (Å²) in [5.41, 5.74) is 5.97. The smallest absolute Gasteiger partial charge is 0.0630 e. The van der Waals surface area contributed by atoms with Gasteiger partial charge in [0.05, 0.1) is 6.10 Å². The third kappa shape index (κ3) is 2.23. The average Bonchev–Trinajstić information content (AvgIpc) is 2.75. The summed E-state index contributed by atoms with van der Waals surface area (Å²) in [6.45, 7) is 5.77. The first-order valence-electron chi connectivity index (χ1n) is 8.91. The Bertz CT molecular complexity index is 331. The Labute approximate surface area is 124 Å². The molecule has 2 nitrogen and oxygen atoms in total. The SMILES string of the molecule is COC1C(C)CC(C)C2C3CCCCC3C(CCN)C12. The van der Waals surface area contributed by atoms with Gasteiger partial charge < -0.3 is 10.5 Å². The van der Waals surface area contributed by atoms with E-state index in [0.717, 1.165) is 48.0 Å². The van der Waals surface area contributed by atoms with Crippen LogP contribution in [0.2, 0.25) is 0 Å². The second-order valence-corrected chi connectivity index (χ2v) is 7.90. The van der Waals surface area contributed by atoms with E-state index < -0.39 is 0 Å². The van der Waals surface area contributed by atoms with E-state index in [-0.39, 0.29) is 0 Å². The number of ether oxygens (including phenoxy) is 1. The van der Waals surface area contributed by atoms with Gasteiger partial charge in [-0.15, -0.1) is 0 Å². The summed E-state index contributed by atoms with van der Waals surface area (Å²) >= 11 is 0. The van der Waals surface area contributed by atoms with Crippen LogP contribution in [0.25, 0.3) is 0 Å². The van der Waals surface area contributed by atoms with Gasteiger partial charge in [0.25, 0.3) is 0 Å². The first kappa shape index (κ1) is 14.8. The number of hydrogen-bond donors (Lipinski definition) is 1. The number of nitrogens with two attached hydrogens (primary N) is 1. The molecule has 2 heteroatoms. The number of rotatable bonds is 3. The molecule has 8 unspecified atom stereocenters. The fourth-order valence-corrected chi connectivity index (χ4v) is 6.56. The maximum absolute atomic E-state index is 6.01. The van der Waals surface area contributed by atoms with Crippen molar-refractivity contribution in [3.8, 4) is 0 Å². The van der Waals surface area contributed by atoms with Crippen molar-refractivity contribution in [3.63, 3.8) is 0 Å². The molecule has 0 saturated heterocycles. The predicted molar refractivity (Wildman–Crippen MR) is 83.3 cm³/mol. The van der Waals surface area contributed by atoms with Crippen LogP contribution in [-0.4, -0.2) is 19.8 Å². The zero-order chi connectivity index (χ0) is 14.3. The lowest BCUT2D eigenvalue weighted by Gasteiger charge is -2.45. The van der Waals surface area contributed by atoms with Crippen LogP contribution in [0.1, 0.15) is 52.4 Å². The molecular weight excluding hydrogens is 246 g/mol. The summed E-state index contributed by atoms with van der Waals surface area (Å²) in [6, 6.07) is 0. The molecule has 0 aliphatic heterocycles. The van der Waals surface area contributed by atoms with Crippen molar-refractivity contribution in [3.05, 3.63) is 0 Å². The quantitative estimate of drug-likeness (QED) is 0.855. The fraction of sp³-hybridized carbons (Fsp3) is 1.00. The molecule has 116 valence electrons. The van der Waals surface area contributed by atoms with E-state index in [2.05, 4.69) is 13.8 Å². The van der Waals surface area contributed by atoms with Gasteiger partial charge in [0, 0.05) is 7.11 Å². The Kier molecular flexibility index (Phi) is 4.42. The molecule has 0 amide bonds. The van der Waals surface area contributed by atoms with Crippen LogP contribution in [0.15, 0.2) is 0 Å². The van der Waals surface area contributed by atoms with Crippen molar-refractivity contribution < 1.29 is 4.74 Å². The third-order valence-corrected chi connectivity index (χ3v) is 6.97. The largest absolute Gasteiger partial charge is 0.381 e. The second-order valence-electron chi connectivity index (χ2n) is 7.90. The first-order chi connectivity index (χ1) is 9.69. The predicted octanol–water partition coefficient (Wildman–Crippen LogP) is 3.69. The highest BCUT2D eigenvalue weighted by atomic mass is 16.5. The molecule has 0 heterocycles. The maximum Gasteiger partial charge on any atom is 0.0630 e. The van der Waals surface area contributed by atoms with E-state index in [0.29, 0.717) is 6.10 Å². The Hall–Kier alpha value is -0.0800. The molecule has 3 fully saturated rings. The second kappa shape index (κ2) is 5.96. The van der Waals surface area contributed by atoms with E-state index in [1.54, 1.807) is 0 Å². The maximum atomic E-state index is 6.01. The summed E-state index contributed by atoms with van der Waals surface area (Å²) < 4.78 is 6.01. The molecule has 0 spiro atoms. The van der Waals surface area contributed by atoms with Gasteiger partial charge in [-0.25, -0.2) is 0 Å². The number of hydrogen-bond acceptors (Lipinski definition) is 2. The lowest BCUT2D eigenvalue weighted by Crippen LogP contribution is -2.44. The molecule has 0 bridgehead atoms. The Balaban J connectivity index is 1.92. The Morgan fingerprint density at radius 3 is 2.35 bits per heavy atom. The van der Waals surface area contributed by atoms with Gasteiger partial charge in [-0.05, 0) is 73.7 Å². The van der Waals surface area contributed by atoms with Gasteiger partial charge in [-0.3, -0.25) is 0 Å². The van der Waals surface area contributed by atoms with Crippen LogP contribution >= 0.6 is 0 Å². The molecular formula is C18H33NO. The van der Waals surface area contributed by atoms with E-state index in [9.17, 15) is 0 Å². The van der Waals surface area contributed by atoms with Gasteiger partial charge in [-0.1, -0.05) is 26.7 Å². The lowest BCUT2D eigenvalue weighted by atomic mass is 9.64. The van der Waals surface area contributed by atoms with Crippen LogP contribution in [0, 0.1) is 41.4 Å². The molecule has 0 radical (unpaired) electrons. The zero-order valence-corrected chi connectivity index (χ0v) is 13.6. The van der Waals surface area contributed by atoms with Crippen LogP contribution < -0.4 is 5.73 Å². The molecule has 0 aromatic heterocycles. The fourth-order valence-electron chi connectivity index (χ4n) is 6.56.